The molecule has 6 heteroatoms. The van der Waals surface area contributed by atoms with Crippen LogP contribution in [-0.2, 0) is 9.05 Å². The summed E-state index contributed by atoms with van der Waals surface area (Å²) < 4.78 is 23.9. The molecule has 2 rings (SSSR count). The Bertz CT molecular complexity index is 358. The minimum atomic E-state index is -1.24. The molecule has 1 saturated heterocycles. The van der Waals surface area contributed by atoms with Crippen LogP contribution in [0.5, 0.6) is 0 Å². The van der Waals surface area contributed by atoms with Gasteiger partial charge in [0, 0.05) is 5.92 Å². The molecule has 0 radical (unpaired) electrons. The molecule has 82 valence electrons. The van der Waals surface area contributed by atoms with Crippen LogP contribution in [0.2, 0.25) is 0 Å². The highest BCUT2D eigenvalue weighted by Gasteiger charge is 2.23. The van der Waals surface area contributed by atoms with E-state index in [1.54, 1.807) is 12.1 Å². The predicted octanol–water partition coefficient (Wildman–Crippen LogP) is 4.18. The Balaban J connectivity index is 2.12. The molecule has 0 aliphatic carbocycles. The lowest BCUT2D eigenvalue weighted by Crippen LogP contribution is -2.16. The van der Waals surface area contributed by atoms with Gasteiger partial charge in [0.05, 0.1) is 17.7 Å². The lowest BCUT2D eigenvalue weighted by molar-refractivity contribution is 0.166. The minimum absolute atomic E-state index is 0.124. The normalized spacial score (nSPS) is 26.6. The van der Waals surface area contributed by atoms with Gasteiger partial charge in [-0.25, -0.2) is 4.39 Å². The molecular weight excluding hydrogens is 305 g/mol. The fourth-order valence-electron chi connectivity index (χ4n) is 1.34. The van der Waals surface area contributed by atoms with Gasteiger partial charge in [0.2, 0.25) is 0 Å². The third kappa shape index (κ3) is 2.89. The summed E-state index contributed by atoms with van der Waals surface area (Å²) in [5.41, 5.74) is 0.989. The molecule has 1 aromatic carbocycles. The van der Waals surface area contributed by atoms with Gasteiger partial charge in [-0.15, -0.1) is 0 Å². The number of benzene rings is 1. The lowest BCUT2D eigenvalue weighted by atomic mass is 10.0. The minimum Gasteiger partial charge on any atom is -0.321 e. The quantitative estimate of drug-likeness (QED) is 0.724. The summed E-state index contributed by atoms with van der Waals surface area (Å²) in [6.07, 6.45) is 0. The molecule has 0 unspecified atom stereocenters. The molecule has 0 atom stereocenters. The van der Waals surface area contributed by atoms with Crippen molar-refractivity contribution in [2.75, 3.05) is 13.2 Å². The molecule has 1 aromatic rings. The highest BCUT2D eigenvalue weighted by molar-refractivity contribution is 9.10. The SMILES string of the molecule is Fc1ccc(C2COP(Cl)OC2)cc1Br. The Morgan fingerprint density at radius 1 is 1.40 bits per heavy atom. The van der Waals surface area contributed by atoms with Gasteiger partial charge >= 0.3 is 0 Å². The van der Waals surface area contributed by atoms with Gasteiger partial charge < -0.3 is 9.05 Å². The maximum Gasteiger partial charge on any atom is 0.276 e. The Morgan fingerprint density at radius 3 is 2.67 bits per heavy atom. The molecule has 0 spiro atoms. The van der Waals surface area contributed by atoms with E-state index in [0.29, 0.717) is 17.7 Å². The molecule has 0 N–H and O–H groups in total. The standard InChI is InChI=1S/C9H8BrClFO2P/c10-8-3-6(1-2-9(8)12)7-4-13-15(11)14-5-7/h1-3,7H,4-5H2. The Hall–Kier alpha value is 0.270. The number of rotatable bonds is 1. The third-order valence-corrected chi connectivity index (χ3v) is 4.07. The average Bonchev–Trinajstić information content (AvgIpc) is 2.23. The summed E-state index contributed by atoms with van der Waals surface area (Å²) in [7, 11) is -1.24. The van der Waals surface area contributed by atoms with Crippen LogP contribution >= 0.6 is 34.9 Å². The van der Waals surface area contributed by atoms with E-state index in [2.05, 4.69) is 15.9 Å². The second-order valence-electron chi connectivity index (χ2n) is 3.17. The van der Waals surface area contributed by atoms with Crippen molar-refractivity contribution < 1.29 is 13.4 Å². The van der Waals surface area contributed by atoms with Crippen molar-refractivity contribution in [1.82, 2.24) is 0 Å². The van der Waals surface area contributed by atoms with Crippen molar-refractivity contribution in [2.24, 2.45) is 0 Å². The van der Waals surface area contributed by atoms with Crippen molar-refractivity contribution in [3.63, 3.8) is 0 Å². The van der Waals surface area contributed by atoms with Crippen LogP contribution in [0.1, 0.15) is 11.5 Å². The third-order valence-electron chi connectivity index (χ3n) is 2.17. The van der Waals surface area contributed by atoms with Crippen LogP contribution in [0.25, 0.3) is 0 Å². The van der Waals surface area contributed by atoms with Crippen LogP contribution in [0.15, 0.2) is 22.7 Å². The first kappa shape index (κ1) is 11.7. The van der Waals surface area contributed by atoms with Gasteiger partial charge in [-0.05, 0) is 44.9 Å². The summed E-state index contributed by atoms with van der Waals surface area (Å²) in [6, 6.07) is 4.91. The van der Waals surface area contributed by atoms with Gasteiger partial charge in [0.1, 0.15) is 5.82 Å². The van der Waals surface area contributed by atoms with Gasteiger partial charge in [0.25, 0.3) is 7.73 Å². The van der Waals surface area contributed by atoms with Crippen LogP contribution in [-0.4, -0.2) is 13.2 Å². The van der Waals surface area contributed by atoms with E-state index in [0.717, 1.165) is 5.56 Å². The Labute approximate surface area is 102 Å². The largest absolute Gasteiger partial charge is 0.321 e. The van der Waals surface area contributed by atoms with Gasteiger partial charge in [-0.2, -0.15) is 0 Å². The molecule has 15 heavy (non-hydrogen) atoms. The van der Waals surface area contributed by atoms with E-state index in [1.807, 2.05) is 0 Å². The van der Waals surface area contributed by atoms with Crippen LogP contribution < -0.4 is 0 Å². The highest BCUT2D eigenvalue weighted by atomic mass is 79.9. The van der Waals surface area contributed by atoms with E-state index in [-0.39, 0.29) is 11.7 Å². The summed E-state index contributed by atoms with van der Waals surface area (Å²) >= 11 is 8.82. The fourth-order valence-corrected chi connectivity index (χ4v) is 2.74. The van der Waals surface area contributed by atoms with E-state index in [1.165, 1.54) is 6.07 Å². The molecule has 0 bridgehead atoms. The smallest absolute Gasteiger partial charge is 0.276 e. The molecule has 1 aliphatic heterocycles. The van der Waals surface area contributed by atoms with Crippen LogP contribution in [0, 0.1) is 5.82 Å². The zero-order chi connectivity index (χ0) is 10.8. The first-order valence-electron chi connectivity index (χ1n) is 4.33. The predicted molar refractivity (Wildman–Crippen MR) is 61.5 cm³/mol. The van der Waals surface area contributed by atoms with Gasteiger partial charge in [0.15, 0.2) is 0 Å². The zero-order valence-corrected chi connectivity index (χ0v) is 10.9. The van der Waals surface area contributed by atoms with Crippen molar-refractivity contribution >= 4 is 34.9 Å². The molecule has 0 aromatic heterocycles. The number of hydrogen-bond acceptors (Lipinski definition) is 2. The first-order chi connectivity index (χ1) is 7.16. The summed E-state index contributed by atoms with van der Waals surface area (Å²) in [4.78, 5) is 0. The van der Waals surface area contributed by atoms with Gasteiger partial charge in [-0.1, -0.05) is 6.07 Å². The molecule has 0 saturated carbocycles. The maximum atomic E-state index is 13.0. The average molecular weight is 313 g/mol. The van der Waals surface area contributed by atoms with Gasteiger partial charge in [-0.3, -0.25) is 0 Å². The molecule has 1 fully saturated rings. The summed E-state index contributed by atoms with van der Waals surface area (Å²) in [6.45, 7) is 1.04. The fraction of sp³-hybridized carbons (Fsp3) is 0.333. The molecule has 1 heterocycles. The monoisotopic (exact) mass is 312 g/mol. The van der Waals surface area contributed by atoms with Crippen molar-refractivity contribution in [2.45, 2.75) is 5.92 Å². The topological polar surface area (TPSA) is 18.5 Å². The lowest BCUT2D eigenvalue weighted by Gasteiger charge is -2.25. The van der Waals surface area contributed by atoms with Crippen molar-refractivity contribution in [1.29, 1.82) is 0 Å². The highest BCUT2D eigenvalue weighted by Crippen LogP contribution is 2.48. The van der Waals surface area contributed by atoms with E-state index in [9.17, 15) is 4.39 Å². The summed E-state index contributed by atoms with van der Waals surface area (Å²) in [5, 5.41) is 0. The Kier molecular flexibility index (Phi) is 3.97. The van der Waals surface area contributed by atoms with Crippen LogP contribution in [0.4, 0.5) is 4.39 Å². The molecule has 2 nitrogen and oxygen atoms in total. The second kappa shape index (κ2) is 5.07. The number of hydrogen-bond donors (Lipinski definition) is 0. The van der Waals surface area contributed by atoms with E-state index < -0.39 is 7.73 Å². The van der Waals surface area contributed by atoms with E-state index >= 15 is 0 Å². The number of halogens is 3. The van der Waals surface area contributed by atoms with E-state index in [4.69, 9.17) is 20.3 Å². The molecular formula is C9H8BrClFO2P. The second-order valence-corrected chi connectivity index (χ2v) is 5.80. The van der Waals surface area contributed by atoms with Crippen molar-refractivity contribution in [3.05, 3.63) is 34.1 Å². The first-order valence-corrected chi connectivity index (χ1v) is 7.21. The Morgan fingerprint density at radius 2 is 2.07 bits per heavy atom. The van der Waals surface area contributed by atoms with Crippen LogP contribution in [0.3, 0.4) is 0 Å². The zero-order valence-electron chi connectivity index (χ0n) is 7.62. The molecule has 0 amide bonds. The maximum absolute atomic E-state index is 13.0. The summed E-state index contributed by atoms with van der Waals surface area (Å²) in [5.74, 6) is -0.143. The molecule has 1 aliphatic rings. The van der Waals surface area contributed by atoms with Crippen molar-refractivity contribution in [3.8, 4) is 0 Å².